The fourth-order valence-electron chi connectivity index (χ4n) is 1.60. The number of aliphatic carboxylic acids is 1. The van der Waals surface area contributed by atoms with Crippen LogP contribution in [-0.2, 0) is 19.6 Å². The molecule has 0 aromatic carbocycles. The molecular formula is C11H21N3O6S. The van der Waals surface area contributed by atoms with E-state index in [1.165, 1.54) is 0 Å². The molecule has 0 aromatic rings. The molecule has 9 nitrogen and oxygen atoms in total. The number of amides is 3. The average molecular weight is 323 g/mol. The zero-order valence-electron chi connectivity index (χ0n) is 12.0. The van der Waals surface area contributed by atoms with E-state index < -0.39 is 33.3 Å². The molecule has 21 heavy (non-hydrogen) atoms. The molecule has 0 aliphatic carbocycles. The van der Waals surface area contributed by atoms with E-state index in [0.29, 0.717) is 0 Å². The van der Waals surface area contributed by atoms with E-state index in [1.54, 1.807) is 13.8 Å². The predicted octanol–water partition coefficient (Wildman–Crippen LogP) is -0.618. The third-order valence-electron chi connectivity index (χ3n) is 2.41. The molecule has 0 aliphatic rings. The standard InChI is InChI=1S/C11H21N3O6S/c1-11(2,7-9(16)17)6-8(15)14-10(18)13-4-3-5-21(12,19)20/h3-7H2,1-2H3,(H,16,17)(H2,12,19,20)(H2,13,14,15,18). The van der Waals surface area contributed by atoms with E-state index in [0.717, 1.165) is 0 Å². The van der Waals surface area contributed by atoms with Crippen LogP contribution >= 0.6 is 0 Å². The molecule has 0 aromatic heterocycles. The molecule has 0 spiro atoms. The highest BCUT2D eigenvalue weighted by Crippen LogP contribution is 2.24. The minimum Gasteiger partial charge on any atom is -0.481 e. The van der Waals surface area contributed by atoms with Gasteiger partial charge in [-0.3, -0.25) is 14.9 Å². The Morgan fingerprint density at radius 3 is 2.24 bits per heavy atom. The Morgan fingerprint density at radius 1 is 1.19 bits per heavy atom. The summed E-state index contributed by atoms with van der Waals surface area (Å²) in [6.07, 6.45) is -0.189. The van der Waals surface area contributed by atoms with Crippen molar-refractivity contribution in [1.82, 2.24) is 10.6 Å². The summed E-state index contributed by atoms with van der Waals surface area (Å²) in [7, 11) is -3.57. The van der Waals surface area contributed by atoms with Crippen LogP contribution in [-0.4, -0.2) is 43.7 Å². The van der Waals surface area contributed by atoms with Crippen molar-refractivity contribution in [3.05, 3.63) is 0 Å². The maximum Gasteiger partial charge on any atom is 0.321 e. The van der Waals surface area contributed by atoms with Crippen LogP contribution < -0.4 is 15.8 Å². The van der Waals surface area contributed by atoms with Crippen molar-refractivity contribution >= 4 is 27.9 Å². The first-order chi connectivity index (χ1) is 9.41. The second kappa shape index (κ2) is 7.93. The van der Waals surface area contributed by atoms with E-state index in [9.17, 15) is 22.8 Å². The van der Waals surface area contributed by atoms with E-state index in [1.807, 2.05) is 5.32 Å². The lowest BCUT2D eigenvalue weighted by molar-refractivity contribution is -0.139. The Hall–Kier alpha value is -1.68. The SMILES string of the molecule is CC(C)(CC(=O)O)CC(=O)NC(=O)NCCCS(N)(=O)=O. The van der Waals surface area contributed by atoms with Gasteiger partial charge in [0.2, 0.25) is 15.9 Å². The molecule has 0 rings (SSSR count). The van der Waals surface area contributed by atoms with Gasteiger partial charge in [0.1, 0.15) is 0 Å². The monoisotopic (exact) mass is 323 g/mol. The molecule has 3 amide bonds. The number of primary sulfonamides is 1. The Bertz CT molecular complexity index is 500. The topological polar surface area (TPSA) is 156 Å². The minimum absolute atomic E-state index is 0.0497. The number of nitrogens with one attached hydrogen (secondary N) is 2. The van der Waals surface area contributed by atoms with Crippen LogP contribution in [0.1, 0.15) is 33.1 Å². The number of carboxylic acid groups (broad SMARTS) is 1. The Kier molecular flexibility index (Phi) is 7.30. The summed E-state index contributed by atoms with van der Waals surface area (Å²) in [6.45, 7) is 3.25. The summed E-state index contributed by atoms with van der Waals surface area (Å²) in [5.74, 6) is -1.90. The molecule has 0 unspecified atom stereocenters. The summed E-state index contributed by atoms with van der Waals surface area (Å²) in [5.41, 5.74) is -0.774. The molecule has 0 radical (unpaired) electrons. The van der Waals surface area contributed by atoms with Gasteiger partial charge >= 0.3 is 12.0 Å². The Labute approximate surface area is 123 Å². The summed E-state index contributed by atoms with van der Waals surface area (Å²) >= 11 is 0. The largest absolute Gasteiger partial charge is 0.481 e. The molecule has 10 heteroatoms. The highest BCUT2D eigenvalue weighted by Gasteiger charge is 2.25. The van der Waals surface area contributed by atoms with Crippen molar-refractivity contribution in [3.63, 3.8) is 0 Å². The Morgan fingerprint density at radius 2 is 1.76 bits per heavy atom. The molecule has 0 saturated heterocycles. The molecule has 0 atom stereocenters. The van der Waals surface area contributed by atoms with Crippen LogP contribution in [0.3, 0.4) is 0 Å². The fourth-order valence-corrected chi connectivity index (χ4v) is 2.14. The van der Waals surface area contributed by atoms with Crippen molar-refractivity contribution in [2.75, 3.05) is 12.3 Å². The Balaban J connectivity index is 4.05. The third-order valence-corrected chi connectivity index (χ3v) is 3.27. The molecule has 0 bridgehead atoms. The number of carbonyl (C=O) groups is 3. The number of imide groups is 1. The van der Waals surface area contributed by atoms with Gasteiger partial charge in [-0.15, -0.1) is 0 Å². The van der Waals surface area contributed by atoms with Crippen molar-refractivity contribution in [1.29, 1.82) is 0 Å². The van der Waals surface area contributed by atoms with Gasteiger partial charge in [0.05, 0.1) is 12.2 Å². The number of nitrogens with two attached hydrogens (primary N) is 1. The number of hydrogen-bond donors (Lipinski definition) is 4. The van der Waals surface area contributed by atoms with Crippen LogP contribution in [0.5, 0.6) is 0 Å². The number of sulfonamides is 1. The van der Waals surface area contributed by atoms with Crippen LogP contribution in [0.4, 0.5) is 4.79 Å². The van der Waals surface area contributed by atoms with Gasteiger partial charge in [0.15, 0.2) is 0 Å². The zero-order chi connectivity index (χ0) is 16.7. The van der Waals surface area contributed by atoms with E-state index >= 15 is 0 Å². The summed E-state index contributed by atoms with van der Waals surface area (Å²) in [4.78, 5) is 33.5. The molecule has 5 N–H and O–H groups in total. The van der Waals surface area contributed by atoms with Crippen LogP contribution in [0.2, 0.25) is 0 Å². The second-order valence-electron chi connectivity index (χ2n) is 5.44. The van der Waals surface area contributed by atoms with E-state index in [-0.39, 0.29) is 31.6 Å². The molecule has 0 fully saturated rings. The molecule has 122 valence electrons. The summed E-state index contributed by atoms with van der Waals surface area (Å²) in [6, 6.07) is -0.763. The summed E-state index contributed by atoms with van der Waals surface area (Å²) < 4.78 is 21.3. The van der Waals surface area contributed by atoms with Crippen LogP contribution in [0.15, 0.2) is 0 Å². The molecule has 0 heterocycles. The third kappa shape index (κ3) is 11.8. The number of rotatable bonds is 8. The molecule has 0 saturated carbocycles. The van der Waals surface area contributed by atoms with Crippen molar-refractivity contribution in [2.45, 2.75) is 33.1 Å². The van der Waals surface area contributed by atoms with Crippen LogP contribution in [0.25, 0.3) is 0 Å². The zero-order valence-corrected chi connectivity index (χ0v) is 12.8. The maximum absolute atomic E-state index is 11.6. The number of carboxylic acids is 1. The lowest BCUT2D eigenvalue weighted by Gasteiger charge is -2.21. The lowest BCUT2D eigenvalue weighted by Crippen LogP contribution is -2.41. The highest BCUT2D eigenvalue weighted by molar-refractivity contribution is 7.89. The first-order valence-electron chi connectivity index (χ1n) is 6.21. The van der Waals surface area contributed by atoms with Gasteiger partial charge in [-0.25, -0.2) is 18.4 Å². The van der Waals surface area contributed by atoms with E-state index in [4.69, 9.17) is 10.2 Å². The first-order valence-corrected chi connectivity index (χ1v) is 7.93. The normalized spacial score (nSPS) is 11.8. The van der Waals surface area contributed by atoms with Gasteiger partial charge in [0, 0.05) is 13.0 Å². The predicted molar refractivity (Wildman–Crippen MR) is 74.8 cm³/mol. The van der Waals surface area contributed by atoms with Gasteiger partial charge < -0.3 is 10.4 Å². The van der Waals surface area contributed by atoms with E-state index in [2.05, 4.69) is 5.32 Å². The lowest BCUT2D eigenvalue weighted by atomic mass is 9.85. The smallest absolute Gasteiger partial charge is 0.321 e. The number of urea groups is 1. The fraction of sp³-hybridized carbons (Fsp3) is 0.727. The minimum atomic E-state index is -3.57. The quantitative estimate of drug-likeness (QED) is 0.436. The van der Waals surface area contributed by atoms with Gasteiger partial charge in [-0.1, -0.05) is 13.8 Å². The van der Waals surface area contributed by atoms with Crippen molar-refractivity contribution < 1.29 is 27.9 Å². The van der Waals surface area contributed by atoms with Crippen molar-refractivity contribution in [3.8, 4) is 0 Å². The van der Waals surface area contributed by atoms with Crippen LogP contribution in [0, 0.1) is 5.41 Å². The number of hydrogen-bond acceptors (Lipinski definition) is 5. The highest BCUT2D eigenvalue weighted by atomic mass is 32.2. The molecule has 0 aliphatic heterocycles. The second-order valence-corrected chi connectivity index (χ2v) is 7.17. The average Bonchev–Trinajstić information content (AvgIpc) is 2.19. The summed E-state index contributed by atoms with van der Waals surface area (Å²) in [5, 5.41) is 17.8. The van der Waals surface area contributed by atoms with Gasteiger partial charge in [-0.2, -0.15) is 0 Å². The first kappa shape index (κ1) is 19.3. The van der Waals surface area contributed by atoms with Crippen molar-refractivity contribution in [2.24, 2.45) is 10.6 Å². The maximum atomic E-state index is 11.6. The number of carbonyl (C=O) groups excluding carboxylic acids is 2. The molecular weight excluding hydrogens is 302 g/mol. The van der Waals surface area contributed by atoms with Gasteiger partial charge in [0.25, 0.3) is 0 Å². The van der Waals surface area contributed by atoms with Gasteiger partial charge in [-0.05, 0) is 11.8 Å².